The summed E-state index contributed by atoms with van der Waals surface area (Å²) in [5.41, 5.74) is 0. The van der Waals surface area contributed by atoms with Crippen LogP contribution in [0.5, 0.6) is 0 Å². The molecule has 102 valence electrons. The van der Waals surface area contributed by atoms with Gasteiger partial charge in [0.2, 0.25) is 0 Å². The van der Waals surface area contributed by atoms with Crippen LogP contribution in [-0.2, 0) is 0 Å². The molecule has 6 unspecified atom stereocenters. The van der Waals surface area contributed by atoms with Crippen molar-refractivity contribution in [2.45, 2.75) is 77.0 Å². The molecule has 4 aliphatic rings. The van der Waals surface area contributed by atoms with Crippen molar-refractivity contribution in [2.24, 2.45) is 35.5 Å². The fourth-order valence-corrected chi connectivity index (χ4v) is 6.62. The summed E-state index contributed by atoms with van der Waals surface area (Å²) in [5, 5.41) is 0. The summed E-state index contributed by atoms with van der Waals surface area (Å²) < 4.78 is 0. The maximum Gasteiger partial charge on any atom is -0.0352 e. The van der Waals surface area contributed by atoms with Crippen molar-refractivity contribution in [3.05, 3.63) is 0 Å². The zero-order chi connectivity index (χ0) is 11.9. The van der Waals surface area contributed by atoms with Crippen molar-refractivity contribution >= 4 is 0 Å². The molecule has 0 N–H and O–H groups in total. The predicted molar refractivity (Wildman–Crippen MR) is 76.3 cm³/mol. The highest BCUT2D eigenvalue weighted by Gasteiger charge is 2.47. The maximum absolute atomic E-state index is 1.62. The first-order valence-corrected chi connectivity index (χ1v) is 8.93. The Morgan fingerprint density at radius 2 is 0.778 bits per heavy atom. The van der Waals surface area contributed by atoms with Gasteiger partial charge in [-0.05, 0) is 74.0 Å². The molecule has 0 nitrogen and oxygen atoms in total. The van der Waals surface area contributed by atoms with Crippen LogP contribution in [0.25, 0.3) is 0 Å². The SMILES string of the molecule is C1CCC2C(C1)CCC1C3CCCCC3CCC21. The third kappa shape index (κ3) is 1.86. The van der Waals surface area contributed by atoms with E-state index >= 15 is 0 Å². The first kappa shape index (κ1) is 11.8. The fraction of sp³-hybridized carbons (Fsp3) is 1.00. The Hall–Kier alpha value is 0. The zero-order valence-electron chi connectivity index (χ0n) is 11.9. The molecule has 0 aromatic heterocycles. The van der Waals surface area contributed by atoms with Gasteiger partial charge >= 0.3 is 0 Å². The highest BCUT2D eigenvalue weighted by molar-refractivity contribution is 4.97. The quantitative estimate of drug-likeness (QED) is 0.535. The van der Waals surface area contributed by atoms with Gasteiger partial charge < -0.3 is 0 Å². The molecule has 18 heavy (non-hydrogen) atoms. The Labute approximate surface area is 113 Å². The number of hydrogen-bond donors (Lipinski definition) is 0. The Balaban J connectivity index is 1.54. The second kappa shape index (κ2) is 4.84. The standard InChI is InChI=1S/C18H30/c1-3-7-15-13(5-1)9-11-18-16-8-4-2-6-14(16)10-12-17(15)18/h13-18H,1-12H2. The summed E-state index contributed by atoms with van der Waals surface area (Å²) in [6, 6.07) is 0. The third-order valence-electron chi connectivity index (χ3n) is 7.33. The number of hydrogen-bond acceptors (Lipinski definition) is 0. The normalized spacial score (nSPS) is 52.0. The predicted octanol–water partition coefficient (Wildman–Crippen LogP) is 5.42. The number of rotatable bonds is 0. The smallest absolute Gasteiger partial charge is 0.0352 e. The lowest BCUT2D eigenvalue weighted by Gasteiger charge is -2.54. The topological polar surface area (TPSA) is 0 Å². The van der Waals surface area contributed by atoms with E-state index in [0.717, 1.165) is 11.8 Å². The second-order valence-electron chi connectivity index (χ2n) is 7.90. The monoisotopic (exact) mass is 246 g/mol. The summed E-state index contributed by atoms with van der Waals surface area (Å²) in [4.78, 5) is 0. The highest BCUT2D eigenvalue weighted by Crippen LogP contribution is 2.56. The maximum atomic E-state index is 1.62. The van der Waals surface area contributed by atoms with Crippen molar-refractivity contribution in [1.82, 2.24) is 0 Å². The number of fused-ring (bicyclic) bond motifs is 5. The molecule has 0 aliphatic heterocycles. The molecule has 4 rings (SSSR count). The van der Waals surface area contributed by atoms with Crippen LogP contribution in [-0.4, -0.2) is 0 Å². The largest absolute Gasteiger partial charge is 0.0530 e. The minimum absolute atomic E-state index is 1.15. The van der Waals surface area contributed by atoms with E-state index in [0.29, 0.717) is 0 Å². The van der Waals surface area contributed by atoms with Crippen LogP contribution in [0.3, 0.4) is 0 Å². The van der Waals surface area contributed by atoms with Gasteiger partial charge in [-0.15, -0.1) is 0 Å². The van der Waals surface area contributed by atoms with E-state index in [1.165, 1.54) is 23.7 Å². The molecule has 4 fully saturated rings. The van der Waals surface area contributed by atoms with Gasteiger partial charge in [-0.25, -0.2) is 0 Å². The van der Waals surface area contributed by atoms with Gasteiger partial charge in [0, 0.05) is 0 Å². The first-order valence-electron chi connectivity index (χ1n) is 8.93. The van der Waals surface area contributed by atoms with Crippen LogP contribution in [0.1, 0.15) is 77.0 Å². The molecule has 0 amide bonds. The minimum Gasteiger partial charge on any atom is -0.0530 e. The van der Waals surface area contributed by atoms with Gasteiger partial charge in [0.1, 0.15) is 0 Å². The summed E-state index contributed by atoms with van der Waals surface area (Å²) in [7, 11) is 0. The third-order valence-corrected chi connectivity index (χ3v) is 7.33. The van der Waals surface area contributed by atoms with Crippen molar-refractivity contribution in [3.63, 3.8) is 0 Å². The van der Waals surface area contributed by atoms with E-state index in [1.54, 1.807) is 77.0 Å². The van der Waals surface area contributed by atoms with Crippen LogP contribution >= 0.6 is 0 Å². The molecule has 0 aromatic carbocycles. The van der Waals surface area contributed by atoms with Crippen LogP contribution in [0.4, 0.5) is 0 Å². The Kier molecular flexibility index (Phi) is 3.17. The van der Waals surface area contributed by atoms with Crippen molar-refractivity contribution in [2.75, 3.05) is 0 Å². The average Bonchev–Trinajstić information content (AvgIpc) is 2.46. The molecule has 4 aliphatic carbocycles. The lowest BCUT2D eigenvalue weighted by atomic mass is 9.51. The summed E-state index contributed by atoms with van der Waals surface area (Å²) in [6.07, 6.45) is 19.0. The zero-order valence-corrected chi connectivity index (χ0v) is 11.9. The van der Waals surface area contributed by atoms with Crippen molar-refractivity contribution in [1.29, 1.82) is 0 Å². The van der Waals surface area contributed by atoms with Crippen LogP contribution in [0.15, 0.2) is 0 Å². The van der Waals surface area contributed by atoms with Crippen LogP contribution in [0, 0.1) is 35.5 Å². The van der Waals surface area contributed by atoms with Gasteiger partial charge in [-0.2, -0.15) is 0 Å². The average molecular weight is 246 g/mol. The van der Waals surface area contributed by atoms with Gasteiger partial charge in [0.15, 0.2) is 0 Å². The molecule has 0 aromatic rings. The van der Waals surface area contributed by atoms with E-state index < -0.39 is 0 Å². The van der Waals surface area contributed by atoms with E-state index in [-0.39, 0.29) is 0 Å². The van der Waals surface area contributed by atoms with Crippen LogP contribution < -0.4 is 0 Å². The molecule has 0 saturated heterocycles. The second-order valence-corrected chi connectivity index (χ2v) is 7.90. The fourth-order valence-electron chi connectivity index (χ4n) is 6.62. The van der Waals surface area contributed by atoms with Crippen molar-refractivity contribution < 1.29 is 0 Å². The van der Waals surface area contributed by atoms with Gasteiger partial charge in [0.05, 0.1) is 0 Å². The lowest BCUT2D eigenvalue weighted by molar-refractivity contribution is -0.0408. The highest BCUT2D eigenvalue weighted by atomic mass is 14.5. The van der Waals surface area contributed by atoms with Gasteiger partial charge in [-0.3, -0.25) is 0 Å². The Morgan fingerprint density at radius 1 is 0.333 bits per heavy atom. The summed E-state index contributed by atoms with van der Waals surface area (Å²) >= 11 is 0. The van der Waals surface area contributed by atoms with E-state index in [9.17, 15) is 0 Å². The molecule has 0 spiro atoms. The molecule has 0 heterocycles. The van der Waals surface area contributed by atoms with Crippen molar-refractivity contribution in [3.8, 4) is 0 Å². The van der Waals surface area contributed by atoms with Gasteiger partial charge in [-0.1, -0.05) is 38.5 Å². The molecule has 4 saturated carbocycles. The summed E-state index contributed by atoms with van der Waals surface area (Å²) in [5.74, 6) is 6.98. The van der Waals surface area contributed by atoms with Gasteiger partial charge in [0.25, 0.3) is 0 Å². The summed E-state index contributed by atoms with van der Waals surface area (Å²) in [6.45, 7) is 0. The van der Waals surface area contributed by atoms with Crippen LogP contribution in [0.2, 0.25) is 0 Å². The molecule has 6 atom stereocenters. The molecular formula is C18H30. The Bertz CT molecular complexity index is 264. The minimum atomic E-state index is 1.15. The van der Waals surface area contributed by atoms with E-state index in [2.05, 4.69) is 0 Å². The lowest BCUT2D eigenvalue weighted by Crippen LogP contribution is -2.45. The first-order chi connectivity index (χ1) is 8.93. The van der Waals surface area contributed by atoms with E-state index in [4.69, 9.17) is 0 Å². The van der Waals surface area contributed by atoms with E-state index in [1.807, 2.05) is 0 Å². The molecular weight excluding hydrogens is 216 g/mol. The molecule has 0 radical (unpaired) electrons. The Morgan fingerprint density at radius 3 is 1.28 bits per heavy atom. The molecule has 0 bridgehead atoms. The molecule has 0 heteroatoms.